The van der Waals surface area contributed by atoms with Crippen LogP contribution in [0.15, 0.2) is 41.6 Å². The Bertz CT molecular complexity index is 606. The van der Waals surface area contributed by atoms with E-state index < -0.39 is 0 Å². The zero-order valence-electron chi connectivity index (χ0n) is 13.8. The predicted octanol–water partition coefficient (Wildman–Crippen LogP) is 3.05. The zero-order valence-corrected chi connectivity index (χ0v) is 14.6. The van der Waals surface area contributed by atoms with E-state index in [1.165, 1.54) is 17.7 Å². The quantitative estimate of drug-likeness (QED) is 0.855. The van der Waals surface area contributed by atoms with Crippen LogP contribution >= 0.6 is 11.8 Å². The van der Waals surface area contributed by atoms with Gasteiger partial charge in [-0.2, -0.15) is 0 Å². The van der Waals surface area contributed by atoms with E-state index in [4.69, 9.17) is 0 Å². The molecule has 0 radical (unpaired) electrons. The first-order valence-corrected chi connectivity index (χ1v) is 9.35. The van der Waals surface area contributed by atoms with E-state index >= 15 is 0 Å². The molecule has 4 nitrogen and oxygen atoms in total. The molecule has 0 amide bonds. The maximum atomic E-state index is 4.61. The molecule has 1 aromatic heterocycles. The molecule has 1 aliphatic rings. The second-order valence-electron chi connectivity index (χ2n) is 6.02. The van der Waals surface area contributed by atoms with Gasteiger partial charge in [0.25, 0.3) is 0 Å². The van der Waals surface area contributed by atoms with E-state index in [1.54, 1.807) is 11.8 Å². The van der Waals surface area contributed by atoms with Crippen molar-refractivity contribution >= 4 is 11.8 Å². The van der Waals surface area contributed by atoms with Crippen LogP contribution in [0.1, 0.15) is 18.5 Å². The summed E-state index contributed by atoms with van der Waals surface area (Å²) in [6.07, 6.45) is 8.31. The Morgan fingerprint density at radius 2 is 1.87 bits per heavy atom. The van der Waals surface area contributed by atoms with E-state index in [-0.39, 0.29) is 0 Å². The van der Waals surface area contributed by atoms with Crippen LogP contribution in [0, 0.1) is 0 Å². The summed E-state index contributed by atoms with van der Waals surface area (Å²) in [5.41, 5.74) is 3.09. The summed E-state index contributed by atoms with van der Waals surface area (Å²) >= 11 is 1.75. The highest BCUT2D eigenvalue weighted by molar-refractivity contribution is 7.98. The lowest BCUT2D eigenvalue weighted by atomic mass is 10.1. The normalized spacial score (nSPS) is 16.0. The molecule has 5 heteroatoms. The lowest BCUT2D eigenvalue weighted by molar-refractivity contribution is 0.189. The third kappa shape index (κ3) is 4.31. The number of aromatic nitrogens is 2. The molecule has 2 heterocycles. The molecular weight excluding hydrogens is 304 g/mol. The Kier molecular flexibility index (Phi) is 5.65. The minimum Gasteiger partial charge on any atom is -0.317 e. The maximum Gasteiger partial charge on any atom is 0.0885 e. The number of hydrogen-bond donors (Lipinski definition) is 1. The molecule has 0 bridgehead atoms. The SMILES string of the molecule is CSc1ccc(-c2cnc(CN(C)C3CCNCC3)cn2)cc1. The number of rotatable bonds is 5. The molecule has 1 aliphatic heterocycles. The lowest BCUT2D eigenvalue weighted by Gasteiger charge is -2.31. The molecule has 1 saturated heterocycles. The van der Waals surface area contributed by atoms with Crippen molar-refractivity contribution in [2.45, 2.75) is 30.3 Å². The van der Waals surface area contributed by atoms with Gasteiger partial charge in [0, 0.05) is 23.0 Å². The second kappa shape index (κ2) is 7.90. The molecule has 1 aromatic carbocycles. The minimum atomic E-state index is 0.650. The number of piperidine rings is 1. The van der Waals surface area contributed by atoms with E-state index in [0.717, 1.165) is 36.6 Å². The summed E-state index contributed by atoms with van der Waals surface area (Å²) in [5, 5.41) is 3.41. The van der Waals surface area contributed by atoms with Crippen molar-refractivity contribution in [3.63, 3.8) is 0 Å². The van der Waals surface area contributed by atoms with Crippen LogP contribution in [-0.4, -0.2) is 47.3 Å². The number of hydrogen-bond acceptors (Lipinski definition) is 5. The van der Waals surface area contributed by atoms with Gasteiger partial charge in [0.05, 0.1) is 23.8 Å². The fourth-order valence-corrected chi connectivity index (χ4v) is 3.39. The average molecular weight is 328 g/mol. The Hall–Kier alpha value is -1.43. The fraction of sp³-hybridized carbons (Fsp3) is 0.444. The standard InChI is InChI=1S/C18H24N4S/c1-22(16-7-9-19-10-8-16)13-15-11-21-18(12-20-15)14-3-5-17(23-2)6-4-14/h3-6,11-12,16,19H,7-10,13H2,1-2H3. The first-order chi connectivity index (χ1) is 11.3. The molecular formula is C18H24N4S. The molecule has 2 aromatic rings. The predicted molar refractivity (Wildman–Crippen MR) is 96.6 cm³/mol. The molecule has 0 aliphatic carbocycles. The van der Waals surface area contributed by atoms with Crippen molar-refractivity contribution in [2.24, 2.45) is 0 Å². The molecule has 0 unspecified atom stereocenters. The van der Waals surface area contributed by atoms with Gasteiger partial charge in [-0.1, -0.05) is 12.1 Å². The number of thioether (sulfide) groups is 1. The van der Waals surface area contributed by atoms with Gasteiger partial charge in [-0.15, -0.1) is 11.8 Å². The minimum absolute atomic E-state index is 0.650. The largest absolute Gasteiger partial charge is 0.317 e. The summed E-state index contributed by atoms with van der Waals surface area (Å²) in [6.45, 7) is 3.10. The third-order valence-electron chi connectivity index (χ3n) is 4.43. The van der Waals surface area contributed by atoms with Gasteiger partial charge in [0.2, 0.25) is 0 Å². The van der Waals surface area contributed by atoms with E-state index in [9.17, 15) is 0 Å². The van der Waals surface area contributed by atoms with Crippen molar-refractivity contribution < 1.29 is 0 Å². The van der Waals surface area contributed by atoms with Crippen molar-refractivity contribution in [2.75, 3.05) is 26.4 Å². The van der Waals surface area contributed by atoms with Gasteiger partial charge in [-0.25, -0.2) is 0 Å². The highest BCUT2D eigenvalue weighted by atomic mass is 32.2. The molecule has 1 N–H and O–H groups in total. The van der Waals surface area contributed by atoms with Crippen molar-refractivity contribution in [3.05, 3.63) is 42.4 Å². The van der Waals surface area contributed by atoms with Gasteiger partial charge in [0.15, 0.2) is 0 Å². The molecule has 0 spiro atoms. The topological polar surface area (TPSA) is 41.1 Å². The molecule has 1 fully saturated rings. The maximum absolute atomic E-state index is 4.61. The molecule has 3 rings (SSSR count). The monoisotopic (exact) mass is 328 g/mol. The van der Waals surface area contributed by atoms with Gasteiger partial charge < -0.3 is 5.32 Å². The van der Waals surface area contributed by atoms with Crippen LogP contribution in [0.25, 0.3) is 11.3 Å². The fourth-order valence-electron chi connectivity index (χ4n) is 2.98. The van der Waals surface area contributed by atoms with Crippen LogP contribution in [0.4, 0.5) is 0 Å². The Balaban J connectivity index is 1.64. The third-order valence-corrected chi connectivity index (χ3v) is 5.18. The summed E-state index contributed by atoms with van der Waals surface area (Å²) in [6, 6.07) is 9.12. The molecule has 122 valence electrons. The van der Waals surface area contributed by atoms with Crippen molar-refractivity contribution in [3.8, 4) is 11.3 Å². The lowest BCUT2D eigenvalue weighted by Crippen LogP contribution is -2.40. The highest BCUT2D eigenvalue weighted by Gasteiger charge is 2.18. The molecule has 0 saturated carbocycles. The molecule has 23 heavy (non-hydrogen) atoms. The number of nitrogens with one attached hydrogen (secondary N) is 1. The van der Waals surface area contributed by atoms with E-state index in [1.807, 2.05) is 12.4 Å². The van der Waals surface area contributed by atoms with Crippen LogP contribution in [-0.2, 0) is 6.54 Å². The first-order valence-electron chi connectivity index (χ1n) is 8.12. The van der Waals surface area contributed by atoms with Crippen LogP contribution in [0.2, 0.25) is 0 Å². The smallest absolute Gasteiger partial charge is 0.0885 e. The highest BCUT2D eigenvalue weighted by Crippen LogP contribution is 2.21. The number of benzene rings is 1. The van der Waals surface area contributed by atoms with Gasteiger partial charge in [0.1, 0.15) is 0 Å². The van der Waals surface area contributed by atoms with E-state index in [0.29, 0.717) is 6.04 Å². The average Bonchev–Trinajstić information content (AvgIpc) is 2.63. The molecule has 0 atom stereocenters. The first kappa shape index (κ1) is 16.4. The van der Waals surface area contributed by atoms with Crippen molar-refractivity contribution in [1.82, 2.24) is 20.2 Å². The second-order valence-corrected chi connectivity index (χ2v) is 6.90. The van der Waals surface area contributed by atoms with Gasteiger partial charge >= 0.3 is 0 Å². The van der Waals surface area contributed by atoms with Crippen molar-refractivity contribution in [1.29, 1.82) is 0 Å². The van der Waals surface area contributed by atoms with Crippen LogP contribution in [0.5, 0.6) is 0 Å². The van der Waals surface area contributed by atoms with Gasteiger partial charge in [-0.05, 0) is 51.4 Å². The summed E-state index contributed by atoms with van der Waals surface area (Å²) < 4.78 is 0. The van der Waals surface area contributed by atoms with E-state index in [2.05, 4.69) is 57.8 Å². The Labute approximate surface area is 142 Å². The Morgan fingerprint density at radius 3 is 2.48 bits per heavy atom. The summed E-state index contributed by atoms with van der Waals surface area (Å²) in [4.78, 5) is 12.9. The number of nitrogens with zero attached hydrogens (tertiary/aromatic N) is 3. The Morgan fingerprint density at radius 1 is 1.13 bits per heavy atom. The van der Waals surface area contributed by atoms with Crippen LogP contribution in [0.3, 0.4) is 0 Å². The summed E-state index contributed by atoms with van der Waals surface area (Å²) in [7, 11) is 2.19. The van der Waals surface area contributed by atoms with Crippen LogP contribution < -0.4 is 5.32 Å². The van der Waals surface area contributed by atoms with Gasteiger partial charge in [-0.3, -0.25) is 14.9 Å². The zero-order chi connectivity index (χ0) is 16.1. The summed E-state index contributed by atoms with van der Waals surface area (Å²) in [5.74, 6) is 0.